The minimum Gasteiger partial charge on any atom is -0.464 e. The molecule has 2 heterocycles. The molecule has 20 heavy (non-hydrogen) atoms. The summed E-state index contributed by atoms with van der Waals surface area (Å²) in [5.41, 5.74) is 1.18. The molecule has 2 aromatic heterocycles. The quantitative estimate of drug-likeness (QED) is 0.822. The second-order valence-electron chi connectivity index (χ2n) is 5.79. The largest absolute Gasteiger partial charge is 0.464 e. The van der Waals surface area contributed by atoms with Crippen LogP contribution in [0.3, 0.4) is 0 Å². The number of furan rings is 1. The molecule has 4 heteroatoms. The summed E-state index contributed by atoms with van der Waals surface area (Å²) < 4.78 is 5.89. The monoisotopic (exact) mass is 290 g/mol. The van der Waals surface area contributed by atoms with Gasteiger partial charge in [0.1, 0.15) is 11.5 Å². The minimum absolute atomic E-state index is 0.673. The van der Waals surface area contributed by atoms with E-state index in [9.17, 15) is 0 Å². The fourth-order valence-corrected chi connectivity index (χ4v) is 3.56. The van der Waals surface area contributed by atoms with Crippen LogP contribution >= 0.6 is 11.3 Å². The smallest absolute Gasteiger partial charge is 0.117 e. The molecule has 0 amide bonds. The van der Waals surface area contributed by atoms with Crippen molar-refractivity contribution < 1.29 is 4.42 Å². The molecule has 1 N–H and O–H groups in total. The Bertz CT molecular complexity index is 587. The molecule has 3 nitrogen and oxygen atoms in total. The highest BCUT2D eigenvalue weighted by molar-refractivity contribution is 7.11. The molecule has 0 bridgehead atoms. The number of nitrogens with one attached hydrogen (secondary N) is 1. The van der Waals surface area contributed by atoms with Gasteiger partial charge in [-0.05, 0) is 44.7 Å². The molecule has 2 atom stereocenters. The van der Waals surface area contributed by atoms with Crippen molar-refractivity contribution in [3.63, 3.8) is 0 Å². The van der Waals surface area contributed by atoms with Gasteiger partial charge in [0.05, 0.1) is 17.2 Å². The molecule has 1 fully saturated rings. The second kappa shape index (κ2) is 5.70. The number of rotatable bonds is 6. The van der Waals surface area contributed by atoms with Crippen LogP contribution in [0.1, 0.15) is 46.4 Å². The van der Waals surface area contributed by atoms with Crippen LogP contribution in [0.4, 0.5) is 0 Å². The third kappa shape index (κ3) is 3.13. The lowest BCUT2D eigenvalue weighted by Crippen LogP contribution is -2.16. The zero-order valence-electron chi connectivity index (χ0n) is 12.4. The van der Waals surface area contributed by atoms with Crippen LogP contribution in [0.15, 0.2) is 16.5 Å². The molecule has 1 aliphatic rings. The van der Waals surface area contributed by atoms with Gasteiger partial charge in [-0.25, -0.2) is 4.98 Å². The van der Waals surface area contributed by atoms with Crippen LogP contribution in [-0.2, 0) is 13.0 Å². The van der Waals surface area contributed by atoms with Gasteiger partial charge in [-0.1, -0.05) is 6.92 Å². The molecule has 0 aliphatic heterocycles. The summed E-state index contributed by atoms with van der Waals surface area (Å²) in [6, 6.07) is 4.25. The Morgan fingerprint density at radius 2 is 2.20 bits per heavy atom. The van der Waals surface area contributed by atoms with Crippen molar-refractivity contribution in [3.05, 3.63) is 39.2 Å². The molecule has 0 radical (unpaired) electrons. The maximum atomic E-state index is 5.89. The lowest BCUT2D eigenvalue weighted by molar-refractivity contribution is 0.445. The fraction of sp³-hybridized carbons (Fsp3) is 0.562. The van der Waals surface area contributed by atoms with E-state index in [0.29, 0.717) is 5.92 Å². The summed E-state index contributed by atoms with van der Waals surface area (Å²) in [4.78, 5) is 5.85. The van der Waals surface area contributed by atoms with E-state index in [-0.39, 0.29) is 0 Å². The van der Waals surface area contributed by atoms with Crippen molar-refractivity contribution in [2.45, 2.75) is 46.1 Å². The summed E-state index contributed by atoms with van der Waals surface area (Å²) in [6.07, 6.45) is 2.33. The highest BCUT2D eigenvalue weighted by atomic mass is 32.1. The van der Waals surface area contributed by atoms with Gasteiger partial charge < -0.3 is 9.73 Å². The highest BCUT2D eigenvalue weighted by Gasteiger charge is 2.36. The number of thiazole rings is 1. The van der Waals surface area contributed by atoms with E-state index in [1.54, 1.807) is 11.3 Å². The predicted molar refractivity (Wildman–Crippen MR) is 82.2 cm³/mol. The molecule has 0 saturated heterocycles. The van der Waals surface area contributed by atoms with Crippen molar-refractivity contribution in [2.24, 2.45) is 5.92 Å². The van der Waals surface area contributed by atoms with E-state index in [4.69, 9.17) is 4.42 Å². The second-order valence-corrected chi connectivity index (χ2v) is 7.08. The van der Waals surface area contributed by atoms with Gasteiger partial charge in [0, 0.05) is 17.3 Å². The van der Waals surface area contributed by atoms with Gasteiger partial charge in [0.15, 0.2) is 0 Å². The highest BCUT2D eigenvalue weighted by Crippen LogP contribution is 2.47. The normalized spacial score (nSPS) is 21.4. The molecule has 2 unspecified atom stereocenters. The lowest BCUT2D eigenvalue weighted by atomic mass is 10.3. The third-order valence-electron chi connectivity index (χ3n) is 3.99. The number of hydrogen-bond donors (Lipinski definition) is 1. The minimum atomic E-state index is 0.673. The summed E-state index contributed by atoms with van der Waals surface area (Å²) in [5, 5.41) is 4.61. The molecule has 108 valence electrons. The van der Waals surface area contributed by atoms with Gasteiger partial charge in [-0.3, -0.25) is 0 Å². The average molecular weight is 290 g/mol. The first-order chi connectivity index (χ1) is 9.63. The van der Waals surface area contributed by atoms with E-state index in [0.717, 1.165) is 36.2 Å². The van der Waals surface area contributed by atoms with E-state index >= 15 is 0 Å². The van der Waals surface area contributed by atoms with Crippen LogP contribution in [-0.4, -0.2) is 11.5 Å². The van der Waals surface area contributed by atoms with Gasteiger partial charge in [0.2, 0.25) is 0 Å². The Morgan fingerprint density at radius 3 is 2.85 bits per heavy atom. The number of aryl methyl sites for hydroxylation is 2. The standard InChI is InChI=1S/C16H22N2OS/c1-10-8-14(10)15-5-4-13(19-15)9-17-7-6-16-11(2)18-12(3)20-16/h4-5,10,14,17H,6-9H2,1-3H3. The van der Waals surface area contributed by atoms with Crippen molar-refractivity contribution >= 4 is 11.3 Å². The van der Waals surface area contributed by atoms with Gasteiger partial charge in [-0.2, -0.15) is 0 Å². The van der Waals surface area contributed by atoms with Crippen molar-refractivity contribution in [3.8, 4) is 0 Å². The van der Waals surface area contributed by atoms with Gasteiger partial charge in [-0.15, -0.1) is 11.3 Å². The van der Waals surface area contributed by atoms with Gasteiger partial charge in [0.25, 0.3) is 0 Å². The first-order valence-corrected chi connectivity index (χ1v) is 8.17. The number of nitrogens with zero attached hydrogens (tertiary/aromatic N) is 1. The lowest BCUT2D eigenvalue weighted by Gasteiger charge is -2.02. The molecule has 0 aromatic carbocycles. The number of aromatic nitrogens is 1. The molecular weight excluding hydrogens is 268 g/mol. The number of hydrogen-bond acceptors (Lipinski definition) is 4. The van der Waals surface area contributed by atoms with Crippen molar-refractivity contribution in [1.82, 2.24) is 10.3 Å². The molecule has 1 aliphatic carbocycles. The fourth-order valence-electron chi connectivity index (χ4n) is 2.63. The summed E-state index contributed by atoms with van der Waals surface area (Å²) in [7, 11) is 0. The molecular formula is C16H22N2OS. The van der Waals surface area contributed by atoms with E-state index in [2.05, 4.69) is 43.2 Å². The van der Waals surface area contributed by atoms with E-state index < -0.39 is 0 Å². The Kier molecular flexibility index (Phi) is 3.94. The Labute approximate surface area is 124 Å². The van der Waals surface area contributed by atoms with Crippen LogP contribution in [0.5, 0.6) is 0 Å². The molecule has 3 rings (SSSR count). The first kappa shape index (κ1) is 13.8. The Balaban J connectivity index is 1.43. The summed E-state index contributed by atoms with van der Waals surface area (Å²) in [6.45, 7) is 8.23. The summed E-state index contributed by atoms with van der Waals surface area (Å²) in [5.74, 6) is 3.70. The predicted octanol–water partition coefficient (Wildman–Crippen LogP) is 3.81. The Hall–Kier alpha value is -1.13. The molecule has 0 spiro atoms. The maximum Gasteiger partial charge on any atom is 0.117 e. The van der Waals surface area contributed by atoms with Crippen molar-refractivity contribution in [2.75, 3.05) is 6.54 Å². The van der Waals surface area contributed by atoms with Crippen LogP contribution in [0.2, 0.25) is 0 Å². The average Bonchev–Trinajstić information content (AvgIpc) is 2.84. The molecule has 2 aromatic rings. The zero-order valence-corrected chi connectivity index (χ0v) is 13.2. The van der Waals surface area contributed by atoms with E-state index in [1.165, 1.54) is 22.8 Å². The molecule has 1 saturated carbocycles. The maximum absolute atomic E-state index is 5.89. The summed E-state index contributed by atoms with van der Waals surface area (Å²) >= 11 is 1.80. The van der Waals surface area contributed by atoms with Crippen LogP contribution < -0.4 is 5.32 Å². The third-order valence-corrected chi connectivity index (χ3v) is 5.12. The first-order valence-electron chi connectivity index (χ1n) is 7.35. The topological polar surface area (TPSA) is 38.1 Å². The Morgan fingerprint density at radius 1 is 1.40 bits per heavy atom. The zero-order chi connectivity index (χ0) is 14.1. The van der Waals surface area contributed by atoms with E-state index in [1.807, 2.05) is 0 Å². The van der Waals surface area contributed by atoms with Crippen LogP contribution in [0, 0.1) is 19.8 Å². The SMILES string of the molecule is Cc1nc(C)c(CCNCc2ccc(C3CC3C)o2)s1. The van der Waals surface area contributed by atoms with Crippen LogP contribution in [0.25, 0.3) is 0 Å². The van der Waals surface area contributed by atoms with Crippen molar-refractivity contribution in [1.29, 1.82) is 0 Å². The van der Waals surface area contributed by atoms with Gasteiger partial charge >= 0.3 is 0 Å².